The predicted octanol–water partition coefficient (Wildman–Crippen LogP) is 3.31. The van der Waals surface area contributed by atoms with Crippen LogP contribution in [0.2, 0.25) is 0 Å². The van der Waals surface area contributed by atoms with Gasteiger partial charge in [0.1, 0.15) is 12.4 Å². The molecule has 0 saturated heterocycles. The number of nitrogens with one attached hydrogen (secondary N) is 2. The molecule has 0 unspecified atom stereocenters. The number of carbonyl (C=O) groups excluding carboxylic acids is 1. The molecule has 0 spiro atoms. The third-order valence-electron chi connectivity index (χ3n) is 4.67. The van der Waals surface area contributed by atoms with Crippen molar-refractivity contribution in [2.45, 2.75) is 19.9 Å². The van der Waals surface area contributed by atoms with Gasteiger partial charge < -0.3 is 20.5 Å². The van der Waals surface area contributed by atoms with Crippen LogP contribution in [0.15, 0.2) is 66.1 Å². The van der Waals surface area contributed by atoms with Gasteiger partial charge >= 0.3 is 0 Å². The van der Waals surface area contributed by atoms with E-state index in [1.165, 1.54) is 6.33 Å². The van der Waals surface area contributed by atoms with Crippen LogP contribution >= 0.6 is 0 Å². The largest absolute Gasteiger partial charge is 0.504 e. The molecule has 8 heteroatoms. The number of hydrogen-bond acceptors (Lipinski definition) is 6. The summed E-state index contributed by atoms with van der Waals surface area (Å²) >= 11 is 0. The van der Waals surface area contributed by atoms with Crippen LogP contribution in [-0.4, -0.2) is 32.4 Å². The molecule has 0 radical (unpaired) electrons. The average Bonchev–Trinajstić information content (AvgIpc) is 3.17. The standard InChI is InChI=1S/C21H21N5O3/c1-3-29-17-11-14(9-10-16(17)27)19-18(13(2)24-21-22-12-23-26(19)21)20(28)25-15-7-5-4-6-8-15/h4-12,19,27H,3H2,1-2H3,(H,25,28)(H,22,23,24)/t19-/m0/s1. The summed E-state index contributed by atoms with van der Waals surface area (Å²) in [5.41, 5.74) is 2.62. The number of phenols is 1. The number of allylic oxidation sites excluding steroid dienone is 1. The highest BCUT2D eigenvalue weighted by atomic mass is 16.5. The SMILES string of the molecule is CCOc1cc([C@H]2C(C(=O)Nc3ccccc3)=C(C)Nc3ncnn32)ccc1O. The van der Waals surface area contributed by atoms with E-state index in [9.17, 15) is 9.90 Å². The first kappa shape index (κ1) is 18.5. The molecule has 4 rings (SSSR count). The Morgan fingerprint density at radius 2 is 2.07 bits per heavy atom. The zero-order valence-corrected chi connectivity index (χ0v) is 16.1. The fourth-order valence-corrected chi connectivity index (χ4v) is 3.39. The summed E-state index contributed by atoms with van der Waals surface area (Å²) in [6.07, 6.45) is 1.44. The molecular formula is C21H21N5O3. The zero-order chi connectivity index (χ0) is 20.4. The summed E-state index contributed by atoms with van der Waals surface area (Å²) in [6.45, 7) is 4.08. The fourth-order valence-electron chi connectivity index (χ4n) is 3.39. The Balaban J connectivity index is 1.78. The summed E-state index contributed by atoms with van der Waals surface area (Å²) in [6, 6.07) is 13.8. The van der Waals surface area contributed by atoms with E-state index in [1.807, 2.05) is 44.2 Å². The Kier molecular flexibility index (Phi) is 4.90. The Bertz CT molecular complexity index is 1070. The van der Waals surface area contributed by atoms with Gasteiger partial charge in [-0.25, -0.2) is 4.68 Å². The molecule has 3 N–H and O–H groups in total. The van der Waals surface area contributed by atoms with Gasteiger partial charge in [0.15, 0.2) is 11.5 Å². The van der Waals surface area contributed by atoms with Crippen LogP contribution in [0, 0.1) is 0 Å². The lowest BCUT2D eigenvalue weighted by molar-refractivity contribution is -0.113. The van der Waals surface area contributed by atoms with Gasteiger partial charge in [-0.1, -0.05) is 24.3 Å². The Morgan fingerprint density at radius 3 is 2.83 bits per heavy atom. The Labute approximate surface area is 167 Å². The molecule has 2 aromatic carbocycles. The van der Waals surface area contributed by atoms with Gasteiger partial charge in [-0.15, -0.1) is 0 Å². The minimum Gasteiger partial charge on any atom is -0.504 e. The van der Waals surface area contributed by atoms with Crippen molar-refractivity contribution >= 4 is 17.5 Å². The molecule has 1 amide bonds. The molecule has 0 bridgehead atoms. The Morgan fingerprint density at radius 1 is 1.28 bits per heavy atom. The smallest absolute Gasteiger partial charge is 0.255 e. The van der Waals surface area contributed by atoms with Gasteiger partial charge in [0, 0.05) is 11.4 Å². The van der Waals surface area contributed by atoms with Gasteiger partial charge in [0.2, 0.25) is 5.95 Å². The third kappa shape index (κ3) is 3.52. The highest BCUT2D eigenvalue weighted by molar-refractivity contribution is 6.06. The highest BCUT2D eigenvalue weighted by Crippen LogP contribution is 2.38. The third-order valence-corrected chi connectivity index (χ3v) is 4.67. The molecular weight excluding hydrogens is 370 g/mol. The van der Waals surface area contributed by atoms with Crippen molar-refractivity contribution in [3.05, 3.63) is 71.7 Å². The van der Waals surface area contributed by atoms with Crippen LogP contribution in [0.5, 0.6) is 11.5 Å². The van der Waals surface area contributed by atoms with Crippen LogP contribution in [0.25, 0.3) is 0 Å². The van der Waals surface area contributed by atoms with Gasteiger partial charge in [0.05, 0.1) is 12.2 Å². The van der Waals surface area contributed by atoms with E-state index in [0.29, 0.717) is 35.3 Å². The number of anilines is 2. The number of aromatic nitrogens is 3. The zero-order valence-electron chi connectivity index (χ0n) is 16.1. The van der Waals surface area contributed by atoms with Crippen LogP contribution in [-0.2, 0) is 4.79 Å². The lowest BCUT2D eigenvalue weighted by Crippen LogP contribution is -2.31. The van der Waals surface area contributed by atoms with Gasteiger partial charge in [-0.2, -0.15) is 10.1 Å². The first-order chi connectivity index (χ1) is 14.1. The summed E-state index contributed by atoms with van der Waals surface area (Å²) in [5.74, 6) is 0.679. The quantitative estimate of drug-likeness (QED) is 0.617. The number of benzene rings is 2. The molecule has 0 saturated carbocycles. The number of nitrogens with zero attached hydrogens (tertiary/aromatic N) is 3. The minimum absolute atomic E-state index is 0.0411. The fraction of sp³-hybridized carbons (Fsp3) is 0.190. The van der Waals surface area contributed by atoms with E-state index in [4.69, 9.17) is 4.74 Å². The molecule has 29 heavy (non-hydrogen) atoms. The maximum Gasteiger partial charge on any atom is 0.255 e. The number of ether oxygens (including phenoxy) is 1. The second kappa shape index (κ2) is 7.67. The van der Waals surface area contributed by atoms with Crippen molar-refractivity contribution in [3.8, 4) is 11.5 Å². The first-order valence-corrected chi connectivity index (χ1v) is 9.28. The van der Waals surface area contributed by atoms with E-state index < -0.39 is 6.04 Å². The van der Waals surface area contributed by atoms with Crippen molar-refractivity contribution in [2.24, 2.45) is 0 Å². The van der Waals surface area contributed by atoms with E-state index in [1.54, 1.807) is 22.9 Å². The number of para-hydroxylation sites is 1. The van der Waals surface area contributed by atoms with Crippen LogP contribution in [0.1, 0.15) is 25.5 Å². The number of hydrogen-bond donors (Lipinski definition) is 3. The van der Waals surface area contributed by atoms with E-state index >= 15 is 0 Å². The minimum atomic E-state index is -0.530. The first-order valence-electron chi connectivity index (χ1n) is 9.28. The molecule has 1 aromatic heterocycles. The predicted molar refractivity (Wildman–Crippen MR) is 109 cm³/mol. The maximum absolute atomic E-state index is 13.2. The second-order valence-corrected chi connectivity index (χ2v) is 6.57. The monoisotopic (exact) mass is 391 g/mol. The summed E-state index contributed by atoms with van der Waals surface area (Å²) in [5, 5.41) is 20.5. The molecule has 2 heterocycles. The van der Waals surface area contributed by atoms with Crippen molar-refractivity contribution in [1.29, 1.82) is 0 Å². The number of aromatic hydroxyl groups is 1. The molecule has 0 fully saturated rings. The number of fused-ring (bicyclic) bond motifs is 1. The molecule has 3 aromatic rings. The Hall–Kier alpha value is -3.81. The lowest BCUT2D eigenvalue weighted by atomic mass is 9.94. The normalized spacial score (nSPS) is 15.4. The number of rotatable bonds is 5. The van der Waals surface area contributed by atoms with Gasteiger partial charge in [0.25, 0.3) is 5.91 Å². The van der Waals surface area contributed by atoms with Crippen molar-refractivity contribution in [2.75, 3.05) is 17.2 Å². The van der Waals surface area contributed by atoms with Crippen LogP contribution in [0.3, 0.4) is 0 Å². The van der Waals surface area contributed by atoms with Gasteiger partial charge in [-0.3, -0.25) is 4.79 Å². The second-order valence-electron chi connectivity index (χ2n) is 6.57. The van der Waals surface area contributed by atoms with Crippen LogP contribution in [0.4, 0.5) is 11.6 Å². The maximum atomic E-state index is 13.2. The van der Waals surface area contributed by atoms with Crippen molar-refractivity contribution in [1.82, 2.24) is 14.8 Å². The molecule has 1 aliphatic heterocycles. The van der Waals surface area contributed by atoms with Crippen molar-refractivity contribution in [3.63, 3.8) is 0 Å². The van der Waals surface area contributed by atoms with E-state index in [2.05, 4.69) is 20.7 Å². The summed E-state index contributed by atoms with van der Waals surface area (Å²) < 4.78 is 7.18. The topological polar surface area (TPSA) is 101 Å². The van der Waals surface area contributed by atoms with E-state index in [0.717, 1.165) is 5.56 Å². The molecule has 1 atom stereocenters. The number of carbonyl (C=O) groups is 1. The molecule has 0 aliphatic carbocycles. The molecule has 1 aliphatic rings. The van der Waals surface area contributed by atoms with E-state index in [-0.39, 0.29) is 11.7 Å². The average molecular weight is 391 g/mol. The highest BCUT2D eigenvalue weighted by Gasteiger charge is 2.33. The molecule has 148 valence electrons. The number of amides is 1. The number of phenolic OH excluding ortho intramolecular Hbond substituents is 1. The summed E-state index contributed by atoms with van der Waals surface area (Å²) in [4.78, 5) is 17.5. The van der Waals surface area contributed by atoms with Crippen molar-refractivity contribution < 1.29 is 14.6 Å². The summed E-state index contributed by atoms with van der Waals surface area (Å²) in [7, 11) is 0. The van der Waals surface area contributed by atoms with Crippen LogP contribution < -0.4 is 15.4 Å². The lowest BCUT2D eigenvalue weighted by Gasteiger charge is -2.29. The van der Waals surface area contributed by atoms with Gasteiger partial charge in [-0.05, 0) is 43.7 Å². The molecule has 8 nitrogen and oxygen atoms in total.